The van der Waals surface area contributed by atoms with E-state index in [0.717, 1.165) is 23.5 Å². The van der Waals surface area contributed by atoms with E-state index in [1.165, 1.54) is 60.9 Å². The topological polar surface area (TPSA) is 8.17 Å². The van der Waals surface area contributed by atoms with E-state index in [1.54, 1.807) is 0 Å². The zero-order chi connectivity index (χ0) is 35.0. The molecule has 0 spiro atoms. The van der Waals surface area contributed by atoms with Crippen LogP contribution in [0.25, 0.3) is 49.7 Å². The van der Waals surface area contributed by atoms with E-state index >= 15 is 0 Å². The van der Waals surface area contributed by atoms with Gasteiger partial charge in [-0.15, -0.1) is 6.58 Å². The van der Waals surface area contributed by atoms with E-state index < -0.39 is 0 Å². The van der Waals surface area contributed by atoms with Crippen LogP contribution in [0.15, 0.2) is 183 Å². The monoisotopic (exact) mass is 658 g/mol. The molecule has 0 aliphatic heterocycles. The Morgan fingerprint density at radius 2 is 1.04 bits per heavy atom. The standard InChI is InChI=1S/C49H42N2/c1-5-15-35-16-12-23-42(30-35)50(43-24-13-19-37(31-43)36-17-8-6-9-18-36)44-25-14-20-38(32-44)39-26-28-47-45(33-39)46-34-40(49(2,3)4)27-29-48(46)51(47)41-21-10-7-11-22-41/h5-14,16-34H,1,15H2,2-4H3. The molecule has 7 aromatic carbocycles. The zero-order valence-corrected chi connectivity index (χ0v) is 29.6. The highest BCUT2D eigenvalue weighted by molar-refractivity contribution is 6.11. The number of anilines is 3. The summed E-state index contributed by atoms with van der Waals surface area (Å²) in [4.78, 5) is 2.37. The molecule has 248 valence electrons. The molecule has 0 saturated heterocycles. The fraction of sp³-hybridized carbons (Fsp3) is 0.102. The molecule has 0 fully saturated rings. The number of rotatable bonds is 8. The van der Waals surface area contributed by atoms with Gasteiger partial charge in [-0.1, -0.05) is 124 Å². The zero-order valence-electron chi connectivity index (χ0n) is 29.6. The van der Waals surface area contributed by atoms with Gasteiger partial charge in [0.2, 0.25) is 0 Å². The van der Waals surface area contributed by atoms with Crippen LogP contribution >= 0.6 is 0 Å². The molecule has 1 heterocycles. The minimum Gasteiger partial charge on any atom is -0.310 e. The number of hydrogen-bond acceptors (Lipinski definition) is 1. The van der Waals surface area contributed by atoms with Crippen molar-refractivity contribution >= 4 is 38.9 Å². The molecule has 0 amide bonds. The summed E-state index contributed by atoms with van der Waals surface area (Å²) in [5.41, 5.74) is 14.3. The quantitative estimate of drug-likeness (QED) is 0.148. The molecule has 0 bridgehead atoms. The number of fused-ring (bicyclic) bond motifs is 3. The van der Waals surface area contributed by atoms with Gasteiger partial charge in [0, 0.05) is 33.5 Å². The number of para-hydroxylation sites is 1. The minimum absolute atomic E-state index is 0.0472. The van der Waals surface area contributed by atoms with Crippen LogP contribution in [0, 0.1) is 0 Å². The van der Waals surface area contributed by atoms with Crippen molar-refractivity contribution in [2.75, 3.05) is 4.90 Å². The van der Waals surface area contributed by atoms with Crippen molar-refractivity contribution in [1.82, 2.24) is 4.57 Å². The van der Waals surface area contributed by atoms with E-state index in [2.05, 4.69) is 207 Å². The lowest BCUT2D eigenvalue weighted by Gasteiger charge is -2.27. The number of allylic oxidation sites excluding steroid dienone is 1. The van der Waals surface area contributed by atoms with Crippen molar-refractivity contribution in [1.29, 1.82) is 0 Å². The van der Waals surface area contributed by atoms with Crippen LogP contribution < -0.4 is 4.90 Å². The molecular weight excluding hydrogens is 617 g/mol. The maximum atomic E-state index is 4.00. The lowest BCUT2D eigenvalue weighted by molar-refractivity contribution is 0.591. The molecule has 0 aliphatic rings. The number of aromatic nitrogens is 1. The normalized spacial score (nSPS) is 11.6. The fourth-order valence-corrected chi connectivity index (χ4v) is 7.24. The van der Waals surface area contributed by atoms with Gasteiger partial charge in [0.05, 0.1) is 11.0 Å². The smallest absolute Gasteiger partial charge is 0.0541 e. The molecule has 0 unspecified atom stereocenters. The molecule has 8 aromatic rings. The van der Waals surface area contributed by atoms with Crippen LogP contribution in [0.2, 0.25) is 0 Å². The maximum absolute atomic E-state index is 4.00. The summed E-state index contributed by atoms with van der Waals surface area (Å²) in [6.07, 6.45) is 2.79. The summed E-state index contributed by atoms with van der Waals surface area (Å²) in [6.45, 7) is 10.9. The molecule has 2 heteroatoms. The summed E-state index contributed by atoms with van der Waals surface area (Å²) in [6, 6.07) is 61.8. The predicted octanol–water partition coefficient (Wildman–Crippen LogP) is 13.6. The van der Waals surface area contributed by atoms with Crippen LogP contribution in [-0.2, 0) is 11.8 Å². The highest BCUT2D eigenvalue weighted by atomic mass is 15.1. The Morgan fingerprint density at radius 3 is 1.69 bits per heavy atom. The average molecular weight is 659 g/mol. The van der Waals surface area contributed by atoms with Gasteiger partial charge in [0.25, 0.3) is 0 Å². The Kier molecular flexibility index (Phi) is 8.37. The first kappa shape index (κ1) is 32.1. The van der Waals surface area contributed by atoms with Crippen molar-refractivity contribution in [2.45, 2.75) is 32.6 Å². The fourth-order valence-electron chi connectivity index (χ4n) is 7.24. The van der Waals surface area contributed by atoms with Crippen LogP contribution in [-0.4, -0.2) is 4.57 Å². The Balaban J connectivity index is 1.29. The maximum Gasteiger partial charge on any atom is 0.0541 e. The second-order valence-corrected chi connectivity index (χ2v) is 14.3. The first-order valence-corrected chi connectivity index (χ1v) is 17.8. The van der Waals surface area contributed by atoms with E-state index in [-0.39, 0.29) is 5.41 Å². The summed E-state index contributed by atoms with van der Waals surface area (Å²) < 4.78 is 2.40. The molecule has 1 aromatic heterocycles. The summed E-state index contributed by atoms with van der Waals surface area (Å²) >= 11 is 0. The van der Waals surface area contributed by atoms with E-state index in [0.29, 0.717) is 0 Å². The Bertz CT molecular complexity index is 2500. The second-order valence-electron chi connectivity index (χ2n) is 14.3. The van der Waals surface area contributed by atoms with E-state index in [1.807, 2.05) is 6.08 Å². The molecule has 0 saturated carbocycles. The third-order valence-electron chi connectivity index (χ3n) is 9.84. The number of benzene rings is 7. The molecule has 0 atom stereocenters. The molecule has 0 N–H and O–H groups in total. The summed E-state index contributed by atoms with van der Waals surface area (Å²) in [7, 11) is 0. The lowest BCUT2D eigenvalue weighted by atomic mass is 9.86. The molecule has 0 aliphatic carbocycles. The van der Waals surface area contributed by atoms with Gasteiger partial charge in [0.1, 0.15) is 0 Å². The minimum atomic E-state index is 0.0472. The van der Waals surface area contributed by atoms with Gasteiger partial charge in [-0.3, -0.25) is 0 Å². The Hall–Kier alpha value is -6.12. The Morgan fingerprint density at radius 1 is 0.510 bits per heavy atom. The number of hydrogen-bond donors (Lipinski definition) is 0. The van der Waals surface area contributed by atoms with Crippen molar-refractivity contribution in [2.24, 2.45) is 0 Å². The largest absolute Gasteiger partial charge is 0.310 e. The van der Waals surface area contributed by atoms with E-state index in [9.17, 15) is 0 Å². The van der Waals surface area contributed by atoms with E-state index in [4.69, 9.17) is 0 Å². The van der Waals surface area contributed by atoms with Crippen LogP contribution in [0.1, 0.15) is 31.9 Å². The van der Waals surface area contributed by atoms with Crippen molar-refractivity contribution in [3.63, 3.8) is 0 Å². The second kappa shape index (κ2) is 13.3. The molecule has 51 heavy (non-hydrogen) atoms. The van der Waals surface area contributed by atoms with Gasteiger partial charge in [0.15, 0.2) is 0 Å². The average Bonchev–Trinajstić information content (AvgIpc) is 3.49. The van der Waals surface area contributed by atoms with Crippen LogP contribution in [0.4, 0.5) is 17.1 Å². The number of nitrogens with zero attached hydrogens (tertiary/aromatic N) is 2. The van der Waals surface area contributed by atoms with Gasteiger partial charge in [-0.25, -0.2) is 0 Å². The van der Waals surface area contributed by atoms with Crippen LogP contribution in [0.3, 0.4) is 0 Å². The lowest BCUT2D eigenvalue weighted by Crippen LogP contribution is -2.10. The SMILES string of the molecule is C=CCc1cccc(N(c2cccc(-c3ccccc3)c2)c2cccc(-c3ccc4c(c3)c3cc(C(C)(C)C)ccc3n4-c3ccccc3)c2)c1. The van der Waals surface area contributed by atoms with Gasteiger partial charge in [-0.05, 0) is 118 Å². The highest BCUT2D eigenvalue weighted by Gasteiger charge is 2.19. The first-order valence-electron chi connectivity index (χ1n) is 17.8. The van der Waals surface area contributed by atoms with Crippen molar-refractivity contribution < 1.29 is 0 Å². The predicted molar refractivity (Wildman–Crippen MR) is 219 cm³/mol. The van der Waals surface area contributed by atoms with Gasteiger partial charge < -0.3 is 9.47 Å². The van der Waals surface area contributed by atoms with Gasteiger partial charge in [-0.2, -0.15) is 0 Å². The molecule has 8 rings (SSSR count). The summed E-state index contributed by atoms with van der Waals surface area (Å²) in [5, 5.41) is 2.53. The van der Waals surface area contributed by atoms with Crippen molar-refractivity contribution in [3.05, 3.63) is 194 Å². The molecular formula is C49H42N2. The van der Waals surface area contributed by atoms with Gasteiger partial charge >= 0.3 is 0 Å². The third kappa shape index (κ3) is 6.26. The first-order chi connectivity index (χ1) is 24.9. The van der Waals surface area contributed by atoms with Crippen molar-refractivity contribution in [3.8, 4) is 27.9 Å². The summed E-state index contributed by atoms with van der Waals surface area (Å²) in [5.74, 6) is 0. The molecule has 0 radical (unpaired) electrons. The highest BCUT2D eigenvalue weighted by Crippen LogP contribution is 2.41. The molecule has 2 nitrogen and oxygen atoms in total. The Labute approximate surface area is 301 Å². The third-order valence-corrected chi connectivity index (χ3v) is 9.84. The van der Waals surface area contributed by atoms with Crippen LogP contribution in [0.5, 0.6) is 0 Å².